The van der Waals surface area contributed by atoms with E-state index in [9.17, 15) is 14.7 Å². The summed E-state index contributed by atoms with van der Waals surface area (Å²) in [6.07, 6.45) is 76.7. The first-order valence-electron chi connectivity index (χ1n) is 31.7. The number of aliphatic hydroxyl groups excluding tert-OH is 1. The summed E-state index contributed by atoms with van der Waals surface area (Å²) in [5.74, 6) is -0.565. The van der Waals surface area contributed by atoms with Crippen molar-refractivity contribution >= 4 is 11.9 Å². The summed E-state index contributed by atoms with van der Waals surface area (Å²) in [6, 6.07) is 0. The maximum absolute atomic E-state index is 12.3. The average molecular weight is 974 g/mol. The van der Waals surface area contributed by atoms with E-state index in [1.807, 2.05) is 0 Å². The van der Waals surface area contributed by atoms with Gasteiger partial charge in [-0.2, -0.15) is 0 Å². The minimum atomic E-state index is -0.765. The predicted molar refractivity (Wildman–Crippen MR) is 302 cm³/mol. The van der Waals surface area contributed by atoms with Crippen LogP contribution in [-0.4, -0.2) is 36.4 Å². The summed E-state index contributed by atoms with van der Waals surface area (Å²) in [4.78, 5) is 24.5. The van der Waals surface area contributed by atoms with Gasteiger partial charge in [-0.15, -0.1) is 0 Å². The minimum absolute atomic E-state index is 0.0567. The van der Waals surface area contributed by atoms with Gasteiger partial charge in [0.2, 0.25) is 0 Å². The van der Waals surface area contributed by atoms with E-state index in [2.05, 4.69) is 26.0 Å². The fraction of sp³-hybridized carbons (Fsp3) is 0.938. The molecule has 0 aliphatic carbocycles. The highest BCUT2D eigenvalue weighted by molar-refractivity contribution is 5.70. The van der Waals surface area contributed by atoms with Crippen LogP contribution in [0.25, 0.3) is 0 Å². The third kappa shape index (κ3) is 59.1. The first kappa shape index (κ1) is 67.6. The van der Waals surface area contributed by atoms with Crippen molar-refractivity contribution < 1.29 is 24.2 Å². The van der Waals surface area contributed by atoms with Crippen molar-refractivity contribution in [1.82, 2.24) is 0 Å². The van der Waals surface area contributed by atoms with Crippen molar-refractivity contribution in [3.8, 4) is 0 Å². The number of unbranched alkanes of at least 4 members (excludes halogenated alkanes) is 50. The van der Waals surface area contributed by atoms with Gasteiger partial charge in [-0.25, -0.2) is 0 Å². The highest BCUT2D eigenvalue weighted by Gasteiger charge is 2.16. The van der Waals surface area contributed by atoms with Crippen LogP contribution in [0.1, 0.15) is 367 Å². The molecule has 0 radical (unpaired) electrons. The van der Waals surface area contributed by atoms with Crippen LogP contribution in [0.15, 0.2) is 12.2 Å². The minimum Gasteiger partial charge on any atom is -0.462 e. The fourth-order valence-electron chi connectivity index (χ4n) is 10.0. The van der Waals surface area contributed by atoms with Crippen molar-refractivity contribution in [2.45, 2.75) is 373 Å². The first-order valence-corrected chi connectivity index (χ1v) is 31.7. The molecule has 5 heteroatoms. The third-order valence-corrected chi connectivity index (χ3v) is 14.8. The molecular weight excluding hydrogens is 849 g/mol. The molecule has 0 rings (SSSR count). The topological polar surface area (TPSA) is 72.8 Å². The molecule has 0 spiro atoms. The van der Waals surface area contributed by atoms with Crippen LogP contribution in [0.2, 0.25) is 0 Å². The molecule has 0 aliphatic rings. The lowest BCUT2D eigenvalue weighted by Gasteiger charge is -2.15. The smallest absolute Gasteiger partial charge is 0.306 e. The average Bonchev–Trinajstić information content (AvgIpc) is 3.35. The summed E-state index contributed by atoms with van der Waals surface area (Å²) >= 11 is 0. The molecule has 0 fully saturated rings. The van der Waals surface area contributed by atoms with Crippen LogP contribution in [0.4, 0.5) is 0 Å². The molecule has 0 saturated heterocycles. The molecular formula is C64H124O5. The molecule has 0 aromatic rings. The molecule has 0 saturated carbocycles. The Morgan fingerprint density at radius 2 is 0.536 bits per heavy atom. The second-order valence-electron chi connectivity index (χ2n) is 21.9. The van der Waals surface area contributed by atoms with Crippen LogP contribution in [-0.2, 0) is 19.1 Å². The molecule has 69 heavy (non-hydrogen) atoms. The third-order valence-electron chi connectivity index (χ3n) is 14.8. The number of carbonyl (C=O) groups is 2. The molecule has 0 amide bonds. The molecule has 5 nitrogen and oxygen atoms in total. The predicted octanol–water partition coefficient (Wildman–Crippen LogP) is 21.5. The van der Waals surface area contributed by atoms with E-state index in [0.29, 0.717) is 12.8 Å². The molecule has 1 atom stereocenters. The maximum atomic E-state index is 12.3. The molecule has 0 bridgehead atoms. The van der Waals surface area contributed by atoms with Gasteiger partial charge in [-0.3, -0.25) is 9.59 Å². The number of rotatable bonds is 60. The van der Waals surface area contributed by atoms with Crippen LogP contribution in [0.3, 0.4) is 0 Å². The Morgan fingerprint density at radius 1 is 0.319 bits per heavy atom. The Morgan fingerprint density at radius 3 is 0.783 bits per heavy atom. The Labute approximate surface area is 432 Å². The van der Waals surface area contributed by atoms with Gasteiger partial charge < -0.3 is 14.6 Å². The summed E-state index contributed by atoms with van der Waals surface area (Å²) in [6.45, 7) is 4.20. The van der Waals surface area contributed by atoms with Crippen molar-refractivity contribution in [2.24, 2.45) is 0 Å². The second kappa shape index (κ2) is 60.9. The highest BCUT2D eigenvalue weighted by atomic mass is 16.6. The monoisotopic (exact) mass is 973 g/mol. The van der Waals surface area contributed by atoms with E-state index in [4.69, 9.17) is 9.47 Å². The Kier molecular flexibility index (Phi) is 59.7. The van der Waals surface area contributed by atoms with Crippen LogP contribution in [0.5, 0.6) is 0 Å². The van der Waals surface area contributed by atoms with E-state index >= 15 is 0 Å². The van der Waals surface area contributed by atoms with Gasteiger partial charge in [-0.1, -0.05) is 328 Å². The lowest BCUT2D eigenvalue weighted by Crippen LogP contribution is -2.28. The SMILES string of the molecule is CCCCCCCCCC/C=C\CCCCCCCCCCCCCCCCCCCCCCCCCCCCCC(=O)OC(CO)COC(=O)CCCCCCCCCCCCCCCCCC. The van der Waals surface area contributed by atoms with E-state index < -0.39 is 6.10 Å². The molecule has 0 heterocycles. The van der Waals surface area contributed by atoms with Gasteiger partial charge >= 0.3 is 11.9 Å². The number of hydrogen-bond acceptors (Lipinski definition) is 5. The largest absolute Gasteiger partial charge is 0.462 e. The Bertz CT molecular complexity index is 1010. The van der Waals surface area contributed by atoms with Gasteiger partial charge in [-0.05, 0) is 38.5 Å². The zero-order valence-corrected chi connectivity index (χ0v) is 47.1. The zero-order valence-electron chi connectivity index (χ0n) is 47.1. The maximum Gasteiger partial charge on any atom is 0.306 e. The van der Waals surface area contributed by atoms with E-state index in [-0.39, 0.29) is 25.2 Å². The zero-order chi connectivity index (χ0) is 49.9. The standard InChI is InChI=1S/C64H124O5/c1-3-5-7-9-11-13-15-17-19-21-22-23-24-25-26-27-28-29-30-31-32-33-34-35-36-37-38-39-40-41-42-43-45-47-49-51-53-55-57-59-64(67)69-62(60-65)61-68-63(66)58-56-54-52-50-48-46-44-20-18-16-14-12-10-8-6-4-2/h21-22,62,65H,3-20,23-61H2,1-2H3/b22-21-. The lowest BCUT2D eigenvalue weighted by molar-refractivity contribution is -0.161. The van der Waals surface area contributed by atoms with Gasteiger partial charge in [0.15, 0.2) is 6.10 Å². The van der Waals surface area contributed by atoms with Crippen LogP contribution in [0, 0.1) is 0 Å². The summed E-state index contributed by atoms with van der Waals surface area (Å²) in [5, 5.41) is 9.65. The van der Waals surface area contributed by atoms with Gasteiger partial charge in [0, 0.05) is 12.8 Å². The van der Waals surface area contributed by atoms with Gasteiger partial charge in [0.05, 0.1) is 6.61 Å². The number of allylic oxidation sites excluding steroid dienone is 2. The molecule has 0 aromatic heterocycles. The van der Waals surface area contributed by atoms with Crippen molar-refractivity contribution in [3.63, 3.8) is 0 Å². The molecule has 1 N–H and O–H groups in total. The van der Waals surface area contributed by atoms with Crippen molar-refractivity contribution in [3.05, 3.63) is 12.2 Å². The molecule has 0 aliphatic heterocycles. The van der Waals surface area contributed by atoms with E-state index in [0.717, 1.165) is 32.1 Å². The molecule has 410 valence electrons. The number of esters is 2. The second-order valence-corrected chi connectivity index (χ2v) is 21.9. The van der Waals surface area contributed by atoms with Crippen molar-refractivity contribution in [2.75, 3.05) is 13.2 Å². The Hall–Kier alpha value is -1.36. The van der Waals surface area contributed by atoms with E-state index in [1.54, 1.807) is 0 Å². The fourth-order valence-corrected chi connectivity index (χ4v) is 10.0. The number of carbonyl (C=O) groups excluding carboxylic acids is 2. The quantitative estimate of drug-likeness (QED) is 0.0373. The summed E-state index contributed by atoms with van der Waals surface area (Å²) < 4.78 is 10.7. The van der Waals surface area contributed by atoms with E-state index in [1.165, 1.54) is 308 Å². The summed E-state index contributed by atoms with van der Waals surface area (Å²) in [7, 11) is 0. The summed E-state index contributed by atoms with van der Waals surface area (Å²) in [5.41, 5.74) is 0. The lowest BCUT2D eigenvalue weighted by atomic mass is 10.0. The number of ether oxygens (including phenoxy) is 2. The van der Waals surface area contributed by atoms with Crippen molar-refractivity contribution in [1.29, 1.82) is 0 Å². The number of hydrogen-bond donors (Lipinski definition) is 1. The van der Waals surface area contributed by atoms with Crippen LogP contribution >= 0.6 is 0 Å². The molecule has 0 aromatic carbocycles. The number of aliphatic hydroxyl groups is 1. The molecule has 1 unspecified atom stereocenters. The normalized spacial score (nSPS) is 12.1. The van der Waals surface area contributed by atoms with Gasteiger partial charge in [0.1, 0.15) is 6.61 Å². The highest BCUT2D eigenvalue weighted by Crippen LogP contribution is 2.19. The first-order chi connectivity index (χ1) is 34.1. The van der Waals surface area contributed by atoms with Gasteiger partial charge in [0.25, 0.3) is 0 Å². The van der Waals surface area contributed by atoms with Crippen LogP contribution < -0.4 is 0 Å². The Balaban J connectivity index is 3.34.